The highest BCUT2D eigenvalue weighted by atomic mass is 32.2. The fourth-order valence-electron chi connectivity index (χ4n) is 2.66. The maximum Gasteiger partial charge on any atom is 0.328 e. The fourth-order valence-corrected chi connectivity index (χ4v) is 3.66. The predicted octanol–water partition coefficient (Wildman–Crippen LogP) is 4.20. The molecule has 0 aromatic heterocycles. The molecule has 1 unspecified atom stereocenters. The summed E-state index contributed by atoms with van der Waals surface area (Å²) in [5, 5.41) is 11.4. The zero-order valence-electron chi connectivity index (χ0n) is 16.2. The van der Waals surface area contributed by atoms with Crippen LogP contribution >= 0.6 is 0 Å². The molecule has 0 aliphatic heterocycles. The van der Waals surface area contributed by atoms with Gasteiger partial charge in [-0.3, -0.25) is 9.10 Å². The lowest BCUT2D eigenvalue weighted by atomic mass is 10.1. The molecule has 0 radical (unpaired) electrons. The molecule has 3 aromatic carbocycles. The van der Waals surface area contributed by atoms with Crippen LogP contribution in [0.5, 0.6) is 0 Å². The largest absolute Gasteiger partial charge is 0.478 e. The van der Waals surface area contributed by atoms with Crippen molar-refractivity contribution in [2.75, 3.05) is 16.7 Å². The van der Waals surface area contributed by atoms with Crippen LogP contribution in [0.4, 0.5) is 11.4 Å². The zero-order valence-corrected chi connectivity index (χ0v) is 17.0. The van der Waals surface area contributed by atoms with Crippen molar-refractivity contribution in [3.05, 3.63) is 96.1 Å². The summed E-state index contributed by atoms with van der Waals surface area (Å²) in [5.74, 6) is -1.32. The molecule has 6 nitrogen and oxygen atoms in total. The number of benzene rings is 3. The van der Waals surface area contributed by atoms with Crippen LogP contribution < -0.4 is 9.62 Å². The minimum Gasteiger partial charge on any atom is -0.478 e. The molecule has 0 aliphatic carbocycles. The number of nitrogens with zero attached hydrogens (tertiary/aromatic N) is 1. The molecule has 3 aromatic rings. The van der Waals surface area contributed by atoms with Crippen molar-refractivity contribution in [2.24, 2.45) is 0 Å². The standard InChI is InChI=1S/C23H20N2O4S/c1-25(20-5-3-2-4-6-20)30(29)21-14-12-19(13-15-21)24-23(28)18-10-7-17(8-11-18)9-16-22(26)27/h2-16H,1H3,(H,24,28)(H,26,27)/b16-9+. The van der Waals surface area contributed by atoms with E-state index in [9.17, 15) is 13.8 Å². The zero-order chi connectivity index (χ0) is 21.5. The van der Waals surface area contributed by atoms with Crippen LogP contribution in [-0.2, 0) is 15.8 Å². The van der Waals surface area contributed by atoms with E-state index in [0.29, 0.717) is 21.7 Å². The van der Waals surface area contributed by atoms with Gasteiger partial charge in [-0.25, -0.2) is 9.00 Å². The topological polar surface area (TPSA) is 86.7 Å². The average Bonchev–Trinajstić information content (AvgIpc) is 2.78. The fraction of sp³-hybridized carbons (Fsp3) is 0.0435. The number of carbonyl (C=O) groups is 2. The van der Waals surface area contributed by atoms with Gasteiger partial charge in [0, 0.05) is 30.1 Å². The minimum absolute atomic E-state index is 0.293. The van der Waals surface area contributed by atoms with E-state index >= 15 is 0 Å². The van der Waals surface area contributed by atoms with Crippen LogP contribution in [0.25, 0.3) is 6.08 Å². The van der Waals surface area contributed by atoms with Crippen LogP contribution in [0.3, 0.4) is 0 Å². The van der Waals surface area contributed by atoms with E-state index in [1.807, 2.05) is 30.3 Å². The van der Waals surface area contributed by atoms with Crippen LogP contribution in [0, 0.1) is 0 Å². The predicted molar refractivity (Wildman–Crippen MR) is 119 cm³/mol. The van der Waals surface area contributed by atoms with Crippen LogP contribution in [0.1, 0.15) is 15.9 Å². The Morgan fingerprint density at radius 3 is 2.17 bits per heavy atom. The molecule has 152 valence electrons. The number of anilines is 2. The van der Waals surface area contributed by atoms with Crippen molar-refractivity contribution >= 4 is 40.3 Å². The molecule has 30 heavy (non-hydrogen) atoms. The molecular formula is C23H20N2O4S. The van der Waals surface area contributed by atoms with Crippen LogP contribution in [0.2, 0.25) is 0 Å². The summed E-state index contributed by atoms with van der Waals surface area (Å²) in [5.41, 5.74) is 2.55. The van der Waals surface area contributed by atoms with Crippen LogP contribution in [-0.4, -0.2) is 28.2 Å². The molecule has 0 saturated carbocycles. The number of carbonyl (C=O) groups excluding carboxylic acids is 1. The molecule has 0 fully saturated rings. The number of para-hydroxylation sites is 1. The van der Waals surface area contributed by atoms with Gasteiger partial charge >= 0.3 is 5.97 Å². The molecule has 7 heteroatoms. The monoisotopic (exact) mass is 420 g/mol. The summed E-state index contributed by atoms with van der Waals surface area (Å²) in [6.45, 7) is 0. The smallest absolute Gasteiger partial charge is 0.328 e. The second-order valence-corrected chi connectivity index (χ2v) is 7.87. The van der Waals surface area contributed by atoms with Crippen molar-refractivity contribution < 1.29 is 18.9 Å². The van der Waals surface area contributed by atoms with Gasteiger partial charge in [0.15, 0.2) is 11.0 Å². The number of carboxylic acid groups (broad SMARTS) is 1. The average molecular weight is 420 g/mol. The first-order chi connectivity index (χ1) is 14.4. The first-order valence-corrected chi connectivity index (χ1v) is 10.2. The molecule has 3 rings (SSSR count). The van der Waals surface area contributed by atoms with Gasteiger partial charge in [-0.15, -0.1) is 0 Å². The highest BCUT2D eigenvalue weighted by Gasteiger charge is 2.12. The Labute approximate surface area is 177 Å². The Hall–Kier alpha value is -3.71. The lowest BCUT2D eigenvalue weighted by Crippen LogP contribution is -2.20. The number of hydrogen-bond donors (Lipinski definition) is 2. The molecule has 0 spiro atoms. The van der Waals surface area contributed by atoms with Gasteiger partial charge in [0.2, 0.25) is 0 Å². The Bertz CT molecular complexity index is 1080. The van der Waals surface area contributed by atoms with E-state index in [4.69, 9.17) is 5.11 Å². The lowest BCUT2D eigenvalue weighted by Gasteiger charge is -2.18. The van der Waals surface area contributed by atoms with E-state index in [2.05, 4.69) is 5.32 Å². The molecule has 0 aliphatic rings. The first-order valence-electron chi connectivity index (χ1n) is 9.07. The van der Waals surface area contributed by atoms with Gasteiger partial charge in [-0.05, 0) is 60.2 Å². The minimum atomic E-state index is -1.37. The Morgan fingerprint density at radius 2 is 1.57 bits per heavy atom. The molecule has 0 saturated heterocycles. The Kier molecular flexibility index (Phi) is 6.77. The molecule has 1 amide bonds. The quantitative estimate of drug-likeness (QED) is 0.561. The van der Waals surface area contributed by atoms with Gasteiger partial charge < -0.3 is 10.4 Å². The summed E-state index contributed by atoms with van der Waals surface area (Å²) in [6.07, 6.45) is 2.49. The van der Waals surface area contributed by atoms with E-state index in [-0.39, 0.29) is 5.91 Å². The number of amides is 1. The number of hydrogen-bond acceptors (Lipinski definition) is 3. The van der Waals surface area contributed by atoms with E-state index in [0.717, 1.165) is 11.8 Å². The summed E-state index contributed by atoms with van der Waals surface area (Å²) in [7, 11) is 0.388. The summed E-state index contributed by atoms with van der Waals surface area (Å²) in [6, 6.07) is 22.8. The highest BCUT2D eigenvalue weighted by molar-refractivity contribution is 7.86. The van der Waals surface area contributed by atoms with Gasteiger partial charge in [-0.2, -0.15) is 0 Å². The van der Waals surface area contributed by atoms with Crippen molar-refractivity contribution in [2.45, 2.75) is 4.90 Å². The second-order valence-electron chi connectivity index (χ2n) is 6.35. The van der Waals surface area contributed by atoms with E-state index < -0.39 is 17.0 Å². The van der Waals surface area contributed by atoms with Gasteiger partial charge in [-0.1, -0.05) is 30.3 Å². The Morgan fingerprint density at radius 1 is 0.933 bits per heavy atom. The molecule has 2 N–H and O–H groups in total. The van der Waals surface area contributed by atoms with Crippen molar-refractivity contribution in [1.82, 2.24) is 0 Å². The SMILES string of the molecule is CN(c1ccccc1)S(=O)c1ccc(NC(=O)c2ccc(/C=C/C(=O)O)cc2)cc1. The summed E-state index contributed by atoms with van der Waals surface area (Å²) >= 11 is 0. The molecule has 0 heterocycles. The second kappa shape index (κ2) is 9.67. The summed E-state index contributed by atoms with van der Waals surface area (Å²) < 4.78 is 14.4. The maximum atomic E-state index is 12.7. The van der Waals surface area contributed by atoms with Gasteiger partial charge in [0.25, 0.3) is 5.91 Å². The number of rotatable bonds is 7. The molecular weight excluding hydrogens is 400 g/mol. The first kappa shape index (κ1) is 21.0. The van der Waals surface area contributed by atoms with E-state index in [1.165, 1.54) is 6.08 Å². The van der Waals surface area contributed by atoms with Gasteiger partial charge in [0.1, 0.15) is 0 Å². The Balaban J connectivity index is 1.64. The number of aliphatic carboxylic acids is 1. The number of carboxylic acids is 1. The molecule has 0 bridgehead atoms. The third kappa shape index (κ3) is 5.42. The summed E-state index contributed by atoms with van der Waals surface area (Å²) in [4.78, 5) is 23.6. The van der Waals surface area contributed by atoms with Crippen molar-refractivity contribution in [1.29, 1.82) is 0 Å². The number of nitrogens with one attached hydrogen (secondary N) is 1. The third-order valence-corrected chi connectivity index (χ3v) is 5.66. The van der Waals surface area contributed by atoms with E-state index in [1.54, 1.807) is 59.9 Å². The maximum absolute atomic E-state index is 12.7. The van der Waals surface area contributed by atoms with Crippen molar-refractivity contribution in [3.8, 4) is 0 Å². The van der Waals surface area contributed by atoms with Gasteiger partial charge in [0.05, 0.1) is 4.90 Å². The normalized spacial score (nSPS) is 11.8. The van der Waals surface area contributed by atoms with Crippen molar-refractivity contribution in [3.63, 3.8) is 0 Å². The highest BCUT2D eigenvalue weighted by Crippen LogP contribution is 2.20. The van der Waals surface area contributed by atoms with Crippen LogP contribution in [0.15, 0.2) is 89.8 Å². The third-order valence-electron chi connectivity index (χ3n) is 4.27. The lowest BCUT2D eigenvalue weighted by molar-refractivity contribution is -0.131. The molecule has 1 atom stereocenters.